The number of benzene rings is 2. The maximum Gasteiger partial charge on any atom is 0.196 e. The fourth-order valence-electron chi connectivity index (χ4n) is 4.85. The van der Waals surface area contributed by atoms with E-state index in [4.69, 9.17) is 14.0 Å². The van der Waals surface area contributed by atoms with Crippen LogP contribution in [0.5, 0.6) is 0 Å². The van der Waals surface area contributed by atoms with Crippen molar-refractivity contribution < 1.29 is 18.8 Å². The van der Waals surface area contributed by atoms with Crippen LogP contribution < -0.4 is 10.2 Å². The van der Waals surface area contributed by atoms with Gasteiger partial charge in [-0.1, -0.05) is 29.4 Å². The molecule has 0 bridgehead atoms. The van der Waals surface area contributed by atoms with Crippen molar-refractivity contribution in [2.75, 3.05) is 69.8 Å². The van der Waals surface area contributed by atoms with Crippen molar-refractivity contribution in [3.05, 3.63) is 41.5 Å². The van der Waals surface area contributed by atoms with Crippen LogP contribution in [0.2, 0.25) is 0 Å². The molecule has 1 unspecified atom stereocenters. The monoisotopic (exact) mass is 434 g/mol. The van der Waals surface area contributed by atoms with Gasteiger partial charge in [0, 0.05) is 49.5 Å². The van der Waals surface area contributed by atoms with Crippen LogP contribution in [0.15, 0.2) is 34.9 Å². The quantitative estimate of drug-likeness (QED) is 0.525. The molecule has 3 heterocycles. The Labute approximate surface area is 186 Å². The van der Waals surface area contributed by atoms with Gasteiger partial charge in [0.15, 0.2) is 11.5 Å². The summed E-state index contributed by atoms with van der Waals surface area (Å²) in [6.45, 7) is 6.08. The first-order chi connectivity index (χ1) is 15.7. The van der Waals surface area contributed by atoms with Crippen molar-refractivity contribution in [3.8, 4) is 11.3 Å². The van der Waals surface area contributed by atoms with Crippen molar-refractivity contribution in [2.45, 2.75) is 6.10 Å². The van der Waals surface area contributed by atoms with Crippen molar-refractivity contribution in [2.24, 2.45) is 0 Å². The van der Waals surface area contributed by atoms with Crippen LogP contribution in [0.25, 0.3) is 22.2 Å². The lowest BCUT2D eigenvalue weighted by Crippen LogP contribution is -2.44. The van der Waals surface area contributed by atoms with Crippen molar-refractivity contribution in [3.63, 3.8) is 0 Å². The summed E-state index contributed by atoms with van der Waals surface area (Å²) in [6.07, 6.45) is -0.0494. The van der Waals surface area contributed by atoms with Gasteiger partial charge in [0.05, 0.1) is 42.6 Å². The summed E-state index contributed by atoms with van der Waals surface area (Å²) >= 11 is 0. The number of likely N-dealkylation sites (N-methyl/N-ethyl adjacent to an activating group) is 1. The summed E-state index contributed by atoms with van der Waals surface area (Å²) in [5.41, 5.74) is 4.63. The number of ether oxygens (including phenoxy) is 2. The van der Waals surface area contributed by atoms with Crippen LogP contribution in [0.3, 0.4) is 0 Å². The lowest BCUT2D eigenvalue weighted by Gasteiger charge is -2.34. The fourth-order valence-corrected chi connectivity index (χ4v) is 4.85. The van der Waals surface area contributed by atoms with E-state index in [2.05, 4.69) is 33.4 Å². The molecule has 0 radical (unpaired) electrons. The van der Waals surface area contributed by atoms with Gasteiger partial charge in [-0.15, -0.1) is 0 Å². The summed E-state index contributed by atoms with van der Waals surface area (Å²) in [5, 5.41) is 8.75. The van der Waals surface area contributed by atoms with E-state index in [1.165, 1.54) is 0 Å². The molecule has 1 atom stereocenters. The van der Waals surface area contributed by atoms with Crippen LogP contribution >= 0.6 is 0 Å². The average molecular weight is 434 g/mol. The maximum atomic E-state index is 13.6. The van der Waals surface area contributed by atoms with Crippen molar-refractivity contribution in [1.82, 2.24) is 10.1 Å². The number of hydrogen-bond acceptors (Lipinski definition) is 8. The predicted octanol–water partition coefficient (Wildman–Crippen LogP) is 2.62. The van der Waals surface area contributed by atoms with Gasteiger partial charge in [-0.25, -0.2) is 0 Å². The Kier molecular flexibility index (Phi) is 4.86. The van der Waals surface area contributed by atoms with Gasteiger partial charge in [-0.2, -0.15) is 0 Å². The van der Waals surface area contributed by atoms with Gasteiger partial charge in [0.25, 0.3) is 0 Å². The number of carbonyl (C=O) groups is 1. The molecule has 1 N–H and O–H groups in total. The molecule has 2 fully saturated rings. The molecular weight excluding hydrogens is 408 g/mol. The number of hydrogen-bond donors (Lipinski definition) is 1. The van der Waals surface area contributed by atoms with E-state index in [0.717, 1.165) is 54.0 Å². The second-order valence-corrected chi connectivity index (χ2v) is 8.67. The van der Waals surface area contributed by atoms with Crippen molar-refractivity contribution >= 4 is 28.1 Å². The van der Waals surface area contributed by atoms with Gasteiger partial charge in [0.1, 0.15) is 5.52 Å². The van der Waals surface area contributed by atoms with Gasteiger partial charge >= 0.3 is 0 Å². The van der Waals surface area contributed by atoms with Crippen LogP contribution in [0.1, 0.15) is 15.9 Å². The van der Waals surface area contributed by atoms with E-state index >= 15 is 0 Å². The topological polar surface area (TPSA) is 80.1 Å². The van der Waals surface area contributed by atoms with Crippen LogP contribution in [-0.2, 0) is 9.47 Å². The number of fused-ring (bicyclic) bond motifs is 2. The van der Waals surface area contributed by atoms with Crippen LogP contribution in [0.4, 0.5) is 11.4 Å². The van der Waals surface area contributed by atoms with Crippen LogP contribution in [0, 0.1) is 0 Å². The number of nitrogens with one attached hydrogen (secondary N) is 1. The average Bonchev–Trinajstić information content (AvgIpc) is 3.28. The van der Waals surface area contributed by atoms with E-state index in [9.17, 15) is 4.79 Å². The first kappa shape index (κ1) is 19.7. The molecule has 166 valence electrons. The van der Waals surface area contributed by atoms with E-state index in [0.29, 0.717) is 43.3 Å². The van der Waals surface area contributed by atoms with E-state index in [1.807, 2.05) is 24.3 Å². The number of rotatable bonds is 4. The Morgan fingerprint density at radius 2 is 1.94 bits per heavy atom. The molecule has 3 aliphatic rings. The molecule has 2 saturated heterocycles. The molecule has 1 aliphatic carbocycles. The summed E-state index contributed by atoms with van der Waals surface area (Å²) in [6, 6.07) is 9.65. The highest BCUT2D eigenvalue weighted by atomic mass is 16.6. The zero-order valence-corrected chi connectivity index (χ0v) is 18.1. The first-order valence-electron chi connectivity index (χ1n) is 11.2. The fraction of sp³-hybridized carbons (Fsp3) is 0.417. The minimum Gasteiger partial charge on any atom is -0.382 e. The van der Waals surface area contributed by atoms with E-state index in [-0.39, 0.29) is 11.9 Å². The highest BCUT2D eigenvalue weighted by molar-refractivity contribution is 6.28. The third-order valence-electron chi connectivity index (χ3n) is 6.63. The number of anilines is 2. The largest absolute Gasteiger partial charge is 0.382 e. The summed E-state index contributed by atoms with van der Waals surface area (Å²) < 4.78 is 17.2. The third kappa shape index (κ3) is 3.18. The predicted molar refractivity (Wildman–Crippen MR) is 122 cm³/mol. The third-order valence-corrected chi connectivity index (χ3v) is 6.63. The van der Waals surface area contributed by atoms with Gasteiger partial charge in [0.2, 0.25) is 0 Å². The highest BCUT2D eigenvalue weighted by Gasteiger charge is 2.34. The highest BCUT2D eigenvalue weighted by Crippen LogP contribution is 2.45. The lowest BCUT2D eigenvalue weighted by molar-refractivity contribution is -0.0818. The molecule has 2 aromatic carbocycles. The Morgan fingerprint density at radius 3 is 2.72 bits per heavy atom. The first-order valence-corrected chi connectivity index (χ1v) is 11.2. The molecule has 8 heteroatoms. The molecule has 0 amide bonds. The number of aromatic nitrogens is 1. The second kappa shape index (κ2) is 7.88. The molecule has 2 aliphatic heterocycles. The Morgan fingerprint density at radius 1 is 1.12 bits per heavy atom. The summed E-state index contributed by atoms with van der Waals surface area (Å²) in [4.78, 5) is 18.3. The Bertz CT molecular complexity index is 1180. The normalized spacial score (nSPS) is 21.1. The molecule has 32 heavy (non-hydrogen) atoms. The zero-order valence-electron chi connectivity index (χ0n) is 18.1. The molecule has 8 nitrogen and oxygen atoms in total. The number of piperazine rings is 1. The van der Waals surface area contributed by atoms with E-state index in [1.54, 1.807) is 0 Å². The summed E-state index contributed by atoms with van der Waals surface area (Å²) in [5.74, 6) is 0.663. The van der Waals surface area contributed by atoms with Gasteiger partial charge in [-0.05, 0) is 13.1 Å². The van der Waals surface area contributed by atoms with E-state index < -0.39 is 0 Å². The summed E-state index contributed by atoms with van der Waals surface area (Å²) in [7, 11) is 2.14. The SMILES string of the molecule is CN1CCN(c2cc(NCC3COCCO3)c3c4c(onc24)-c2ccccc2C3=O)CC1. The molecule has 1 aromatic heterocycles. The maximum absolute atomic E-state index is 13.6. The minimum atomic E-state index is -0.0494. The number of ketones is 1. The smallest absolute Gasteiger partial charge is 0.196 e. The lowest BCUT2D eigenvalue weighted by atomic mass is 9.86. The molecular formula is C24H26N4O4. The standard InChI is InChI=1S/C24H26N4O4/c1-27-6-8-28(9-7-27)19-12-18(25-13-15-14-30-10-11-31-15)20-21-22(19)26-32-24(21)17-5-3-2-4-16(17)23(20)29/h2-5,12,15,25H,6-11,13-14H2,1H3. The van der Waals surface area contributed by atoms with Gasteiger partial charge in [-0.3, -0.25) is 4.79 Å². The number of nitrogens with zero attached hydrogens (tertiary/aromatic N) is 3. The van der Waals surface area contributed by atoms with Crippen LogP contribution in [-0.4, -0.2) is 81.5 Å². The molecule has 3 aromatic rings. The molecule has 0 saturated carbocycles. The molecule has 6 rings (SSSR count). The Hall–Kier alpha value is -2.94. The minimum absolute atomic E-state index is 0.00506. The van der Waals surface area contributed by atoms with Gasteiger partial charge < -0.3 is 29.1 Å². The van der Waals surface area contributed by atoms with Crippen molar-refractivity contribution in [1.29, 1.82) is 0 Å². The zero-order chi connectivity index (χ0) is 21.7. The molecule has 0 spiro atoms. The Balaban J connectivity index is 1.48. The number of carbonyl (C=O) groups excluding carboxylic acids is 1. The second-order valence-electron chi connectivity index (χ2n) is 8.67.